The van der Waals surface area contributed by atoms with Crippen molar-refractivity contribution in [3.05, 3.63) is 48.1 Å². The Labute approximate surface area is 139 Å². The summed E-state index contributed by atoms with van der Waals surface area (Å²) in [5, 5.41) is 2.64. The van der Waals surface area contributed by atoms with E-state index in [9.17, 15) is 4.79 Å². The third kappa shape index (κ3) is 3.05. The number of hydrogen-bond acceptors (Lipinski definition) is 5. The van der Waals surface area contributed by atoms with Crippen LogP contribution in [0.4, 0.5) is 15.8 Å². The smallest absolute Gasteiger partial charge is 0.254 e. The number of allylic oxidation sites excluding steroid dienone is 2. The van der Waals surface area contributed by atoms with Crippen molar-refractivity contribution < 1.29 is 9.18 Å². The number of anilines is 2. The molecule has 124 valence electrons. The molecule has 0 fully saturated rings. The van der Waals surface area contributed by atoms with Crippen molar-refractivity contribution in [1.29, 1.82) is 0 Å². The highest BCUT2D eigenvalue weighted by Gasteiger charge is 2.24. The highest BCUT2D eigenvalue weighted by atomic mass is 19.1. The van der Waals surface area contributed by atoms with Gasteiger partial charge in [0.2, 0.25) is 0 Å². The zero-order valence-corrected chi connectivity index (χ0v) is 13.3. The van der Waals surface area contributed by atoms with Gasteiger partial charge in [0.25, 0.3) is 5.91 Å². The van der Waals surface area contributed by atoms with E-state index in [1.165, 1.54) is 6.07 Å². The molecule has 7 heteroatoms. The average molecular weight is 327 g/mol. The maximum absolute atomic E-state index is 15.2. The SMILES string of the molecule is CCNC(=O)c1ccc(N2C=CC=NC2)c(N2C=CC=NC2)c1F. The second-order valence-electron chi connectivity index (χ2n) is 5.22. The number of halogens is 1. The highest BCUT2D eigenvalue weighted by Crippen LogP contribution is 2.35. The summed E-state index contributed by atoms with van der Waals surface area (Å²) in [7, 11) is 0. The Bertz CT molecular complexity index is 754. The Morgan fingerprint density at radius 2 is 1.83 bits per heavy atom. The van der Waals surface area contributed by atoms with Crippen molar-refractivity contribution in [2.75, 3.05) is 29.7 Å². The van der Waals surface area contributed by atoms with Gasteiger partial charge in [-0.3, -0.25) is 14.8 Å². The third-order valence-electron chi connectivity index (χ3n) is 3.66. The van der Waals surface area contributed by atoms with Crippen LogP contribution in [-0.4, -0.2) is 38.2 Å². The molecule has 3 rings (SSSR count). The molecule has 0 radical (unpaired) electrons. The van der Waals surface area contributed by atoms with Crippen LogP contribution in [0.1, 0.15) is 17.3 Å². The number of carbonyl (C=O) groups excluding carboxylic acids is 1. The van der Waals surface area contributed by atoms with Crippen LogP contribution < -0.4 is 15.1 Å². The first-order valence-electron chi connectivity index (χ1n) is 7.69. The molecule has 1 amide bonds. The van der Waals surface area contributed by atoms with Gasteiger partial charge in [-0.15, -0.1) is 0 Å². The van der Waals surface area contributed by atoms with Gasteiger partial charge in [-0.05, 0) is 31.2 Å². The second-order valence-corrected chi connectivity index (χ2v) is 5.22. The summed E-state index contributed by atoms with van der Waals surface area (Å²) in [5.74, 6) is -0.998. The third-order valence-corrected chi connectivity index (χ3v) is 3.66. The summed E-state index contributed by atoms with van der Waals surface area (Å²) >= 11 is 0. The van der Waals surface area contributed by atoms with Gasteiger partial charge in [-0.2, -0.15) is 0 Å². The first-order valence-corrected chi connectivity index (χ1v) is 7.69. The van der Waals surface area contributed by atoms with Gasteiger partial charge in [-0.25, -0.2) is 4.39 Å². The molecule has 2 heterocycles. The predicted molar refractivity (Wildman–Crippen MR) is 94.4 cm³/mol. The fourth-order valence-corrected chi connectivity index (χ4v) is 2.56. The van der Waals surface area contributed by atoms with E-state index in [-0.39, 0.29) is 5.56 Å². The zero-order valence-electron chi connectivity index (χ0n) is 13.3. The lowest BCUT2D eigenvalue weighted by Crippen LogP contribution is -2.28. The van der Waals surface area contributed by atoms with Crippen molar-refractivity contribution >= 4 is 29.7 Å². The van der Waals surface area contributed by atoms with Crippen LogP contribution in [0.15, 0.2) is 46.7 Å². The van der Waals surface area contributed by atoms with Crippen molar-refractivity contribution in [2.45, 2.75) is 6.92 Å². The van der Waals surface area contributed by atoms with Crippen molar-refractivity contribution in [2.24, 2.45) is 9.98 Å². The van der Waals surface area contributed by atoms with E-state index >= 15 is 4.39 Å². The van der Waals surface area contributed by atoms with Crippen LogP contribution >= 0.6 is 0 Å². The number of hydrogen-bond donors (Lipinski definition) is 1. The lowest BCUT2D eigenvalue weighted by molar-refractivity contribution is 0.0952. The van der Waals surface area contributed by atoms with Crippen molar-refractivity contribution in [3.8, 4) is 0 Å². The normalized spacial score (nSPS) is 15.9. The van der Waals surface area contributed by atoms with Crippen LogP contribution in [0.2, 0.25) is 0 Å². The first-order chi connectivity index (χ1) is 11.7. The molecule has 0 unspecified atom stereocenters. The molecule has 0 aliphatic carbocycles. The minimum atomic E-state index is -0.567. The Morgan fingerprint density at radius 3 is 2.42 bits per heavy atom. The maximum atomic E-state index is 15.2. The molecule has 24 heavy (non-hydrogen) atoms. The summed E-state index contributed by atoms with van der Waals surface area (Å²) < 4.78 is 15.2. The largest absolute Gasteiger partial charge is 0.352 e. The average Bonchev–Trinajstić information content (AvgIpc) is 2.63. The molecule has 0 bridgehead atoms. The quantitative estimate of drug-likeness (QED) is 0.923. The van der Waals surface area contributed by atoms with Gasteiger partial charge in [0.1, 0.15) is 19.0 Å². The summed E-state index contributed by atoms with van der Waals surface area (Å²) in [6.07, 6.45) is 10.4. The number of benzene rings is 1. The first kappa shape index (κ1) is 15.9. The summed E-state index contributed by atoms with van der Waals surface area (Å²) in [6, 6.07) is 3.24. The van der Waals surface area contributed by atoms with E-state index in [4.69, 9.17) is 0 Å². The van der Waals surface area contributed by atoms with E-state index in [0.717, 1.165) is 0 Å². The van der Waals surface area contributed by atoms with Crippen molar-refractivity contribution in [1.82, 2.24) is 5.32 Å². The number of nitrogens with zero attached hydrogens (tertiary/aromatic N) is 4. The van der Waals surface area contributed by atoms with E-state index in [0.29, 0.717) is 31.3 Å². The maximum Gasteiger partial charge on any atom is 0.254 e. The number of aliphatic imine (C=N–C) groups is 2. The standard InChI is InChI=1S/C17H18FN5O/c1-2-21-17(24)13-5-6-14(22-9-3-7-19-11-22)16(15(13)18)23-10-4-8-20-12-23/h3-10H,2,11-12H2,1H3,(H,21,24). The molecule has 1 aromatic rings. The van der Waals surface area contributed by atoms with Gasteiger partial charge in [0, 0.05) is 31.4 Å². The molecule has 0 saturated heterocycles. The Kier molecular flexibility index (Phi) is 4.69. The Balaban J connectivity index is 2.08. The minimum absolute atomic E-state index is 0.0167. The molecule has 6 nitrogen and oxygen atoms in total. The summed E-state index contributed by atoms with van der Waals surface area (Å²) in [4.78, 5) is 24.0. The van der Waals surface area contributed by atoms with Crippen LogP contribution in [0.3, 0.4) is 0 Å². The topological polar surface area (TPSA) is 60.3 Å². The van der Waals surface area contributed by atoms with E-state index < -0.39 is 11.7 Å². The fraction of sp³-hybridized carbons (Fsp3) is 0.235. The molecule has 1 N–H and O–H groups in total. The lowest BCUT2D eigenvalue weighted by Gasteiger charge is -2.29. The predicted octanol–water partition coefficient (Wildman–Crippen LogP) is 2.30. The molecule has 0 aromatic heterocycles. The monoisotopic (exact) mass is 327 g/mol. The molecule has 0 spiro atoms. The Morgan fingerprint density at radius 1 is 1.17 bits per heavy atom. The van der Waals surface area contributed by atoms with E-state index in [1.54, 1.807) is 48.7 Å². The number of nitrogens with one attached hydrogen (secondary N) is 1. The van der Waals surface area contributed by atoms with Gasteiger partial charge in [-0.1, -0.05) is 0 Å². The second kappa shape index (κ2) is 7.08. The Hall–Kier alpha value is -2.96. The highest BCUT2D eigenvalue weighted by molar-refractivity contribution is 5.97. The molecular weight excluding hydrogens is 309 g/mol. The summed E-state index contributed by atoms with van der Waals surface area (Å²) in [6.45, 7) is 2.92. The van der Waals surface area contributed by atoms with E-state index in [1.807, 2.05) is 11.1 Å². The molecule has 2 aliphatic heterocycles. The molecule has 2 aliphatic rings. The molecular formula is C17H18FN5O. The van der Waals surface area contributed by atoms with Gasteiger partial charge in [0.15, 0.2) is 5.82 Å². The van der Waals surface area contributed by atoms with Crippen LogP contribution in [0.5, 0.6) is 0 Å². The number of amides is 1. The van der Waals surface area contributed by atoms with Gasteiger partial charge < -0.3 is 15.1 Å². The van der Waals surface area contributed by atoms with Crippen LogP contribution in [0, 0.1) is 5.82 Å². The van der Waals surface area contributed by atoms with Crippen LogP contribution in [0.25, 0.3) is 0 Å². The van der Waals surface area contributed by atoms with E-state index in [2.05, 4.69) is 15.3 Å². The van der Waals surface area contributed by atoms with Gasteiger partial charge in [0.05, 0.1) is 11.3 Å². The summed E-state index contributed by atoms with van der Waals surface area (Å²) in [5.41, 5.74) is 0.965. The van der Waals surface area contributed by atoms with Gasteiger partial charge >= 0.3 is 0 Å². The van der Waals surface area contributed by atoms with Crippen molar-refractivity contribution in [3.63, 3.8) is 0 Å². The zero-order chi connectivity index (χ0) is 16.9. The lowest BCUT2D eigenvalue weighted by atomic mass is 10.1. The minimum Gasteiger partial charge on any atom is -0.352 e. The molecule has 0 atom stereocenters. The fourth-order valence-electron chi connectivity index (χ4n) is 2.56. The number of rotatable bonds is 4. The van der Waals surface area contributed by atoms with Crippen LogP contribution in [-0.2, 0) is 0 Å². The molecule has 1 aromatic carbocycles. The number of carbonyl (C=O) groups is 1. The molecule has 0 saturated carbocycles.